The maximum atomic E-state index is 12.7. The summed E-state index contributed by atoms with van der Waals surface area (Å²) in [6.07, 6.45) is -22.0. The summed E-state index contributed by atoms with van der Waals surface area (Å²) < 4.78 is 114. The van der Waals surface area contributed by atoms with E-state index in [1.165, 1.54) is 0 Å². The van der Waals surface area contributed by atoms with Gasteiger partial charge in [-0.1, -0.05) is 23.7 Å². The van der Waals surface area contributed by atoms with Crippen LogP contribution in [0, 0.1) is 5.41 Å². The Bertz CT molecular complexity index is 462. The molecule has 10 heteroatoms. The van der Waals surface area contributed by atoms with Crippen molar-refractivity contribution in [2.75, 3.05) is 0 Å². The molecular weight excluding hydrogens is 339 g/mol. The molecule has 0 aromatic heterocycles. The van der Waals surface area contributed by atoms with E-state index in [0.29, 0.717) is 12.1 Å². The molecule has 0 bridgehead atoms. The predicted octanol–water partition coefficient (Wildman–Crippen LogP) is 5.56. The molecule has 0 saturated heterocycles. The highest BCUT2D eigenvalue weighted by molar-refractivity contribution is 6.30. The Kier molecular flexibility index (Phi) is 4.49. The van der Waals surface area contributed by atoms with Crippen molar-refractivity contribution in [1.82, 2.24) is 0 Å². The Morgan fingerprint density at radius 2 is 1.19 bits per heavy atom. The highest BCUT2D eigenvalue weighted by Gasteiger charge is 2.83. The lowest BCUT2D eigenvalue weighted by molar-refractivity contribution is -0.426. The molecule has 0 atom stereocenters. The number of rotatable bonds is 2. The van der Waals surface area contributed by atoms with Crippen LogP contribution in [0.15, 0.2) is 24.3 Å². The van der Waals surface area contributed by atoms with Crippen LogP contribution in [0.5, 0.6) is 0 Å². The first-order valence-electron chi connectivity index (χ1n) is 5.17. The fourth-order valence-corrected chi connectivity index (χ4v) is 1.95. The predicted molar refractivity (Wildman–Crippen MR) is 55.8 cm³/mol. The highest BCUT2D eigenvalue weighted by atomic mass is 35.5. The van der Waals surface area contributed by atoms with Gasteiger partial charge in [0.1, 0.15) is 0 Å². The van der Waals surface area contributed by atoms with Crippen molar-refractivity contribution in [2.45, 2.75) is 24.9 Å². The number of hydrogen-bond acceptors (Lipinski definition) is 0. The van der Waals surface area contributed by atoms with E-state index in [4.69, 9.17) is 11.6 Å². The summed E-state index contributed by atoms with van der Waals surface area (Å²) in [5, 5.41) is -0.270. The summed E-state index contributed by atoms with van der Waals surface area (Å²) >= 11 is 5.37. The highest BCUT2D eigenvalue weighted by Crippen LogP contribution is 2.60. The van der Waals surface area contributed by atoms with Crippen LogP contribution >= 0.6 is 11.6 Å². The van der Waals surface area contributed by atoms with Crippen molar-refractivity contribution in [1.29, 1.82) is 0 Å². The van der Waals surface area contributed by atoms with Gasteiger partial charge in [-0.05, 0) is 17.7 Å². The quantitative estimate of drug-likeness (QED) is 0.617. The molecule has 0 aliphatic carbocycles. The molecule has 0 spiro atoms. The van der Waals surface area contributed by atoms with Gasteiger partial charge in [-0.15, -0.1) is 0 Å². The first-order valence-corrected chi connectivity index (χ1v) is 5.55. The zero-order valence-corrected chi connectivity index (χ0v) is 10.6. The van der Waals surface area contributed by atoms with E-state index < -0.39 is 35.9 Å². The summed E-state index contributed by atoms with van der Waals surface area (Å²) in [5.41, 5.74) is -6.67. The Morgan fingerprint density at radius 1 is 0.762 bits per heavy atom. The Morgan fingerprint density at radius 3 is 1.52 bits per heavy atom. The average molecular weight is 345 g/mol. The van der Waals surface area contributed by atoms with Gasteiger partial charge in [-0.2, -0.15) is 39.5 Å². The summed E-state index contributed by atoms with van der Waals surface area (Å²) in [4.78, 5) is 0. The van der Waals surface area contributed by atoms with E-state index in [9.17, 15) is 39.5 Å². The minimum atomic E-state index is -6.56. The van der Waals surface area contributed by atoms with E-state index >= 15 is 0 Å². The molecule has 1 rings (SSSR count). The molecular formula is C11H6ClF9. The minimum Gasteiger partial charge on any atom is -0.170 e. The first-order chi connectivity index (χ1) is 9.22. The van der Waals surface area contributed by atoms with Gasteiger partial charge in [0.25, 0.3) is 5.41 Å². The zero-order chi connectivity index (χ0) is 16.7. The van der Waals surface area contributed by atoms with Gasteiger partial charge in [-0.3, -0.25) is 0 Å². The number of benzene rings is 1. The number of alkyl halides is 9. The molecule has 0 aliphatic rings. The van der Waals surface area contributed by atoms with Gasteiger partial charge in [0.15, 0.2) is 0 Å². The standard InChI is InChI=1S/C11H6ClF9/c12-7-3-1-2-6(4-7)5-8(9(13,14)15,10(16,17)18)11(19,20)21/h1-4H,5H2. The van der Waals surface area contributed by atoms with Crippen LogP contribution in [0.25, 0.3) is 0 Å². The van der Waals surface area contributed by atoms with Gasteiger partial charge < -0.3 is 0 Å². The SMILES string of the molecule is FC(F)(F)C(Cc1cccc(Cl)c1)(C(F)(F)F)C(F)(F)F. The number of hydrogen-bond donors (Lipinski definition) is 0. The largest absolute Gasteiger partial charge is 0.412 e. The van der Waals surface area contributed by atoms with Crippen molar-refractivity contribution in [3.8, 4) is 0 Å². The van der Waals surface area contributed by atoms with Gasteiger partial charge in [0.05, 0.1) is 0 Å². The van der Waals surface area contributed by atoms with Crippen molar-refractivity contribution < 1.29 is 39.5 Å². The van der Waals surface area contributed by atoms with Crippen molar-refractivity contribution >= 4 is 11.6 Å². The molecule has 0 aliphatic heterocycles. The van der Waals surface area contributed by atoms with E-state index in [-0.39, 0.29) is 5.02 Å². The van der Waals surface area contributed by atoms with Crippen molar-refractivity contribution in [3.63, 3.8) is 0 Å². The molecule has 1 aromatic carbocycles. The van der Waals surface area contributed by atoms with Crippen molar-refractivity contribution in [2.24, 2.45) is 5.41 Å². The molecule has 0 radical (unpaired) electrons. The maximum absolute atomic E-state index is 12.7. The topological polar surface area (TPSA) is 0 Å². The van der Waals surface area contributed by atoms with Crippen LogP contribution < -0.4 is 0 Å². The van der Waals surface area contributed by atoms with E-state index in [1.54, 1.807) is 0 Å². The van der Waals surface area contributed by atoms with Gasteiger partial charge in [-0.25, -0.2) is 0 Å². The van der Waals surface area contributed by atoms with E-state index in [1.807, 2.05) is 0 Å². The molecule has 0 nitrogen and oxygen atoms in total. The lowest BCUT2D eigenvalue weighted by Gasteiger charge is -2.38. The van der Waals surface area contributed by atoms with E-state index in [2.05, 4.69) is 0 Å². The lowest BCUT2D eigenvalue weighted by Crippen LogP contribution is -2.60. The Hall–Kier alpha value is -1.12. The molecule has 0 saturated carbocycles. The van der Waals surface area contributed by atoms with Crippen LogP contribution in [-0.4, -0.2) is 18.5 Å². The number of halogens is 10. The van der Waals surface area contributed by atoms with Crippen LogP contribution in [0.2, 0.25) is 5.02 Å². The summed E-state index contributed by atoms with van der Waals surface area (Å²) in [6.45, 7) is 0. The second kappa shape index (κ2) is 5.26. The molecule has 0 unspecified atom stereocenters. The average Bonchev–Trinajstić information content (AvgIpc) is 2.20. The first kappa shape index (κ1) is 17.9. The van der Waals surface area contributed by atoms with Gasteiger partial charge >= 0.3 is 18.5 Å². The van der Waals surface area contributed by atoms with Crippen LogP contribution in [0.3, 0.4) is 0 Å². The molecule has 0 fully saturated rings. The molecule has 0 amide bonds. The third-order valence-electron chi connectivity index (χ3n) is 2.81. The summed E-state index contributed by atoms with van der Waals surface area (Å²) in [7, 11) is 0. The third-order valence-corrected chi connectivity index (χ3v) is 3.05. The fourth-order valence-electron chi connectivity index (χ4n) is 1.74. The third kappa shape index (κ3) is 3.22. The second-order valence-corrected chi connectivity index (χ2v) is 4.64. The summed E-state index contributed by atoms with van der Waals surface area (Å²) in [6, 6.07) is 3.41. The van der Waals surface area contributed by atoms with Crippen LogP contribution in [-0.2, 0) is 6.42 Å². The zero-order valence-electron chi connectivity index (χ0n) is 9.80. The Balaban J connectivity index is 3.52. The molecule has 1 aromatic rings. The van der Waals surface area contributed by atoms with Crippen molar-refractivity contribution in [3.05, 3.63) is 34.9 Å². The molecule has 0 N–H and O–H groups in total. The maximum Gasteiger partial charge on any atom is 0.412 e. The molecule has 21 heavy (non-hydrogen) atoms. The minimum absolute atomic E-state index is 0.270. The normalized spacial score (nSPS) is 14.4. The smallest absolute Gasteiger partial charge is 0.170 e. The van der Waals surface area contributed by atoms with Gasteiger partial charge in [0, 0.05) is 11.4 Å². The van der Waals surface area contributed by atoms with E-state index in [0.717, 1.165) is 12.1 Å². The lowest BCUT2D eigenvalue weighted by atomic mass is 9.79. The Labute approximate surface area is 117 Å². The monoisotopic (exact) mass is 344 g/mol. The van der Waals surface area contributed by atoms with Crippen LogP contribution in [0.4, 0.5) is 39.5 Å². The molecule has 0 heterocycles. The van der Waals surface area contributed by atoms with Gasteiger partial charge in [0.2, 0.25) is 0 Å². The summed E-state index contributed by atoms with van der Waals surface area (Å²) in [5.74, 6) is 0. The fraction of sp³-hybridized carbons (Fsp3) is 0.455. The second-order valence-electron chi connectivity index (χ2n) is 4.21. The molecule has 120 valence electrons. The van der Waals surface area contributed by atoms with Crippen LogP contribution in [0.1, 0.15) is 5.56 Å².